The lowest BCUT2D eigenvalue weighted by atomic mass is 10.1. The van der Waals surface area contributed by atoms with E-state index in [1.807, 2.05) is 6.92 Å². The molecule has 0 radical (unpaired) electrons. The zero-order chi connectivity index (χ0) is 14.4. The highest BCUT2D eigenvalue weighted by molar-refractivity contribution is 6.02. The minimum absolute atomic E-state index is 0.0706. The third-order valence-corrected chi connectivity index (χ3v) is 3.29. The van der Waals surface area contributed by atoms with Crippen molar-refractivity contribution in [3.05, 3.63) is 11.6 Å². The van der Waals surface area contributed by atoms with Crippen LogP contribution in [-0.4, -0.2) is 40.3 Å². The zero-order valence-electron chi connectivity index (χ0n) is 11.5. The van der Waals surface area contributed by atoms with Crippen LogP contribution in [0.2, 0.25) is 0 Å². The predicted octanol–water partition coefficient (Wildman–Crippen LogP) is 1.77. The Morgan fingerprint density at radius 2 is 2.05 bits per heavy atom. The molecule has 5 nitrogen and oxygen atoms in total. The number of hydrogen-bond acceptors (Lipinski definition) is 3. The molecule has 0 aliphatic carbocycles. The Bertz CT molecular complexity index is 400. The number of amides is 1. The number of aliphatic carboxylic acids is 1. The van der Waals surface area contributed by atoms with Gasteiger partial charge in [0.15, 0.2) is 5.78 Å². The molecule has 0 aromatic heterocycles. The van der Waals surface area contributed by atoms with Gasteiger partial charge in [-0.3, -0.25) is 9.59 Å². The summed E-state index contributed by atoms with van der Waals surface area (Å²) in [6.07, 6.45) is 4.69. The van der Waals surface area contributed by atoms with E-state index in [2.05, 4.69) is 0 Å². The maximum Gasteiger partial charge on any atom is 0.326 e. The topological polar surface area (TPSA) is 74.7 Å². The van der Waals surface area contributed by atoms with Gasteiger partial charge in [0.2, 0.25) is 5.91 Å². The Morgan fingerprint density at radius 3 is 2.63 bits per heavy atom. The average molecular weight is 267 g/mol. The van der Waals surface area contributed by atoms with Crippen LogP contribution in [0.25, 0.3) is 0 Å². The van der Waals surface area contributed by atoms with Crippen LogP contribution in [0.15, 0.2) is 11.6 Å². The number of carbonyl (C=O) groups is 3. The Morgan fingerprint density at radius 1 is 1.37 bits per heavy atom. The summed E-state index contributed by atoms with van der Waals surface area (Å²) in [6, 6.07) is -0.749. The highest BCUT2D eigenvalue weighted by atomic mass is 16.4. The molecule has 1 fully saturated rings. The summed E-state index contributed by atoms with van der Waals surface area (Å²) in [5.41, 5.74) is 0.328. The standard InChI is InChI=1S/C14H21NO4/c1-3-4-6-11(16)9-10(2)13(17)15-8-5-7-12(15)14(18)19/h9,12H,3-8H2,1-2H3,(H,18,19). The SMILES string of the molecule is CCCCC(=O)C=C(C)C(=O)N1CCCC1C(=O)O. The van der Waals surface area contributed by atoms with E-state index in [1.165, 1.54) is 11.0 Å². The van der Waals surface area contributed by atoms with Gasteiger partial charge < -0.3 is 10.0 Å². The van der Waals surface area contributed by atoms with Crippen LogP contribution in [-0.2, 0) is 14.4 Å². The maximum atomic E-state index is 12.1. The smallest absolute Gasteiger partial charge is 0.326 e. The van der Waals surface area contributed by atoms with E-state index in [4.69, 9.17) is 5.11 Å². The van der Waals surface area contributed by atoms with Crippen molar-refractivity contribution in [2.24, 2.45) is 0 Å². The molecule has 5 heteroatoms. The molecule has 0 bridgehead atoms. The molecule has 1 N–H and O–H groups in total. The van der Waals surface area contributed by atoms with E-state index in [1.54, 1.807) is 6.92 Å². The first-order chi connectivity index (χ1) is 8.97. The third kappa shape index (κ3) is 4.19. The monoisotopic (exact) mass is 267 g/mol. The van der Waals surface area contributed by atoms with Crippen molar-refractivity contribution in [3.8, 4) is 0 Å². The number of carbonyl (C=O) groups excluding carboxylic acids is 2. The number of likely N-dealkylation sites (tertiary alicyclic amines) is 1. The summed E-state index contributed by atoms with van der Waals surface area (Å²) in [5.74, 6) is -1.38. The molecule has 1 aliphatic heterocycles. The lowest BCUT2D eigenvalue weighted by Gasteiger charge is -2.21. The van der Waals surface area contributed by atoms with Crippen molar-refractivity contribution < 1.29 is 19.5 Å². The van der Waals surface area contributed by atoms with Crippen LogP contribution in [0.5, 0.6) is 0 Å². The number of allylic oxidation sites excluding steroid dienone is 1. The molecule has 0 saturated carbocycles. The number of unbranched alkanes of at least 4 members (excludes halogenated alkanes) is 1. The van der Waals surface area contributed by atoms with Crippen molar-refractivity contribution in [2.45, 2.75) is 52.0 Å². The molecule has 1 unspecified atom stereocenters. The van der Waals surface area contributed by atoms with Gasteiger partial charge in [-0.05, 0) is 32.3 Å². The number of ketones is 1. The fourth-order valence-electron chi connectivity index (χ4n) is 2.22. The maximum absolute atomic E-state index is 12.1. The lowest BCUT2D eigenvalue weighted by molar-refractivity contribution is -0.146. The fraction of sp³-hybridized carbons (Fsp3) is 0.643. The summed E-state index contributed by atoms with van der Waals surface area (Å²) in [7, 11) is 0. The molecule has 1 atom stereocenters. The molecule has 1 saturated heterocycles. The van der Waals surface area contributed by atoms with Gasteiger partial charge in [-0.25, -0.2) is 4.79 Å². The van der Waals surface area contributed by atoms with E-state index >= 15 is 0 Å². The molecular weight excluding hydrogens is 246 g/mol. The molecule has 1 amide bonds. The zero-order valence-corrected chi connectivity index (χ0v) is 11.5. The number of rotatable bonds is 6. The van der Waals surface area contributed by atoms with Crippen LogP contribution in [0, 0.1) is 0 Å². The number of nitrogens with zero attached hydrogens (tertiary/aromatic N) is 1. The Labute approximate surface area is 113 Å². The average Bonchev–Trinajstić information content (AvgIpc) is 2.84. The second-order valence-electron chi connectivity index (χ2n) is 4.89. The van der Waals surface area contributed by atoms with Gasteiger partial charge in [-0.15, -0.1) is 0 Å². The Kier molecular flexibility index (Phi) is 5.73. The minimum Gasteiger partial charge on any atom is -0.480 e. The van der Waals surface area contributed by atoms with E-state index < -0.39 is 12.0 Å². The molecule has 0 aromatic rings. The summed E-state index contributed by atoms with van der Waals surface area (Å²) >= 11 is 0. The molecule has 1 heterocycles. The van der Waals surface area contributed by atoms with Crippen molar-refractivity contribution in [3.63, 3.8) is 0 Å². The summed E-state index contributed by atoms with van der Waals surface area (Å²) in [4.78, 5) is 36.1. The highest BCUT2D eigenvalue weighted by Crippen LogP contribution is 2.19. The van der Waals surface area contributed by atoms with Crippen molar-refractivity contribution in [1.82, 2.24) is 4.90 Å². The normalized spacial score (nSPS) is 19.6. The first-order valence-corrected chi connectivity index (χ1v) is 6.72. The molecule has 0 aromatic carbocycles. The van der Waals surface area contributed by atoms with E-state index in [9.17, 15) is 14.4 Å². The van der Waals surface area contributed by atoms with Gasteiger partial charge in [0.1, 0.15) is 6.04 Å². The number of carboxylic acids is 1. The van der Waals surface area contributed by atoms with E-state index in [-0.39, 0.29) is 11.7 Å². The van der Waals surface area contributed by atoms with Gasteiger partial charge in [0.05, 0.1) is 0 Å². The molecule has 1 aliphatic rings. The quantitative estimate of drug-likeness (QED) is 0.744. The van der Waals surface area contributed by atoms with Crippen molar-refractivity contribution in [1.29, 1.82) is 0 Å². The molecule has 19 heavy (non-hydrogen) atoms. The predicted molar refractivity (Wildman–Crippen MR) is 70.7 cm³/mol. The van der Waals surface area contributed by atoms with Gasteiger partial charge in [0, 0.05) is 18.5 Å². The number of hydrogen-bond donors (Lipinski definition) is 1. The summed E-state index contributed by atoms with van der Waals surface area (Å²) in [5, 5.41) is 9.03. The second kappa shape index (κ2) is 7.07. The van der Waals surface area contributed by atoms with E-state index in [0.717, 1.165) is 12.8 Å². The van der Waals surface area contributed by atoms with Crippen LogP contribution < -0.4 is 0 Å². The fourth-order valence-corrected chi connectivity index (χ4v) is 2.22. The molecule has 106 valence electrons. The Hall–Kier alpha value is -1.65. The van der Waals surface area contributed by atoms with Crippen molar-refractivity contribution in [2.75, 3.05) is 6.54 Å². The van der Waals surface area contributed by atoms with Crippen LogP contribution in [0.1, 0.15) is 46.0 Å². The van der Waals surface area contributed by atoms with Crippen LogP contribution in [0.4, 0.5) is 0 Å². The minimum atomic E-state index is -0.976. The largest absolute Gasteiger partial charge is 0.480 e. The summed E-state index contributed by atoms with van der Waals surface area (Å²) < 4.78 is 0. The lowest BCUT2D eigenvalue weighted by Crippen LogP contribution is -2.40. The molecule has 0 spiro atoms. The molecule has 1 rings (SSSR count). The number of carboxylic acid groups (broad SMARTS) is 1. The third-order valence-electron chi connectivity index (χ3n) is 3.29. The van der Waals surface area contributed by atoms with Crippen molar-refractivity contribution >= 4 is 17.7 Å². The van der Waals surface area contributed by atoms with E-state index in [0.29, 0.717) is 31.4 Å². The summed E-state index contributed by atoms with van der Waals surface area (Å²) in [6.45, 7) is 4.02. The van der Waals surface area contributed by atoms with Crippen LogP contribution in [0.3, 0.4) is 0 Å². The first-order valence-electron chi connectivity index (χ1n) is 6.72. The van der Waals surface area contributed by atoms with Crippen LogP contribution >= 0.6 is 0 Å². The Balaban J connectivity index is 2.68. The first kappa shape index (κ1) is 15.4. The van der Waals surface area contributed by atoms with Gasteiger partial charge >= 0.3 is 5.97 Å². The highest BCUT2D eigenvalue weighted by Gasteiger charge is 2.34. The second-order valence-corrected chi connectivity index (χ2v) is 4.89. The van der Waals surface area contributed by atoms with Gasteiger partial charge in [-0.2, -0.15) is 0 Å². The molecular formula is C14H21NO4. The van der Waals surface area contributed by atoms with Gasteiger partial charge in [-0.1, -0.05) is 13.3 Å². The van der Waals surface area contributed by atoms with Gasteiger partial charge in [0.25, 0.3) is 0 Å².